The molecule has 0 saturated heterocycles. The van der Waals surface area contributed by atoms with Gasteiger partial charge in [0.1, 0.15) is 18.0 Å². The zero-order chi connectivity index (χ0) is 18.7. The lowest BCUT2D eigenvalue weighted by atomic mass is 10.2. The molecule has 3 aromatic rings. The van der Waals surface area contributed by atoms with Crippen LogP contribution < -0.4 is 10.3 Å². The second-order valence-electron chi connectivity index (χ2n) is 5.88. The largest absolute Gasteiger partial charge is 0.482 e. The van der Waals surface area contributed by atoms with E-state index in [0.29, 0.717) is 22.1 Å². The normalized spacial score (nSPS) is 10.7. The van der Waals surface area contributed by atoms with Crippen LogP contribution in [0.5, 0.6) is 5.75 Å². The van der Waals surface area contributed by atoms with Gasteiger partial charge in [0.05, 0.1) is 5.69 Å². The minimum absolute atomic E-state index is 0.0958. The molecule has 26 heavy (non-hydrogen) atoms. The van der Waals surface area contributed by atoms with E-state index in [0.717, 1.165) is 11.1 Å². The zero-order valence-electron chi connectivity index (χ0n) is 14.4. The molecule has 0 bridgehead atoms. The zero-order valence-corrected chi connectivity index (χ0v) is 15.1. The van der Waals surface area contributed by atoms with Crippen LogP contribution in [0, 0.1) is 13.8 Å². The van der Waals surface area contributed by atoms with Crippen LogP contribution in [0.3, 0.4) is 0 Å². The average Bonchev–Trinajstić information content (AvgIpc) is 2.61. The number of benzene rings is 1. The molecule has 134 valence electrons. The first-order chi connectivity index (χ1) is 12.4. The molecule has 6 nitrogen and oxygen atoms in total. The van der Waals surface area contributed by atoms with Crippen molar-refractivity contribution in [2.24, 2.45) is 0 Å². The Morgan fingerprint density at radius 3 is 2.77 bits per heavy atom. The Morgan fingerprint density at radius 2 is 2.00 bits per heavy atom. The second-order valence-corrected chi connectivity index (χ2v) is 6.29. The average molecular weight is 373 g/mol. The van der Waals surface area contributed by atoms with Gasteiger partial charge < -0.3 is 9.47 Å². The summed E-state index contributed by atoms with van der Waals surface area (Å²) in [5.74, 6) is -0.0233. The standard InChI is InChI=1S/C19H17ClN2O4/c1-12-3-6-17-21-14(8-18(23)22(17)9-12)10-26-19(24)11-25-15-4-5-16(20)13(2)7-15/h3-9H,10-11H2,1-2H3. The van der Waals surface area contributed by atoms with Crippen molar-refractivity contribution in [2.45, 2.75) is 20.5 Å². The summed E-state index contributed by atoms with van der Waals surface area (Å²) in [5, 5.41) is 0.629. The van der Waals surface area contributed by atoms with E-state index in [-0.39, 0.29) is 18.8 Å². The van der Waals surface area contributed by atoms with E-state index in [4.69, 9.17) is 21.1 Å². The molecule has 0 aliphatic carbocycles. The Balaban J connectivity index is 1.60. The topological polar surface area (TPSA) is 69.9 Å². The maximum atomic E-state index is 12.1. The predicted molar refractivity (Wildman–Crippen MR) is 97.7 cm³/mol. The molecule has 0 atom stereocenters. The van der Waals surface area contributed by atoms with Gasteiger partial charge in [0.15, 0.2) is 6.61 Å². The number of ether oxygens (including phenoxy) is 2. The molecule has 7 heteroatoms. The number of nitrogens with zero attached hydrogens (tertiary/aromatic N) is 2. The Morgan fingerprint density at radius 1 is 1.19 bits per heavy atom. The molecule has 0 amide bonds. The quantitative estimate of drug-likeness (QED) is 0.644. The van der Waals surface area contributed by atoms with Gasteiger partial charge in [-0.25, -0.2) is 9.78 Å². The Hall–Kier alpha value is -2.86. The third kappa shape index (κ3) is 4.21. The third-order valence-electron chi connectivity index (χ3n) is 3.73. The molecule has 0 saturated carbocycles. The maximum absolute atomic E-state index is 12.1. The van der Waals surface area contributed by atoms with Crippen molar-refractivity contribution < 1.29 is 14.3 Å². The maximum Gasteiger partial charge on any atom is 0.344 e. The lowest BCUT2D eigenvalue weighted by Gasteiger charge is -2.08. The molecule has 0 spiro atoms. The number of fused-ring (bicyclic) bond motifs is 1. The summed E-state index contributed by atoms with van der Waals surface area (Å²) in [5.41, 5.74) is 2.47. The first-order valence-corrected chi connectivity index (χ1v) is 8.34. The van der Waals surface area contributed by atoms with E-state index in [2.05, 4.69) is 4.98 Å². The lowest BCUT2D eigenvalue weighted by molar-refractivity contribution is -0.147. The Labute approximate surface area is 155 Å². The van der Waals surface area contributed by atoms with Gasteiger partial charge in [-0.05, 0) is 49.2 Å². The van der Waals surface area contributed by atoms with Gasteiger partial charge in [0, 0.05) is 17.3 Å². The van der Waals surface area contributed by atoms with Crippen molar-refractivity contribution >= 4 is 23.2 Å². The third-order valence-corrected chi connectivity index (χ3v) is 4.15. The summed E-state index contributed by atoms with van der Waals surface area (Å²) in [6, 6.07) is 10.1. The van der Waals surface area contributed by atoms with Gasteiger partial charge in [-0.15, -0.1) is 0 Å². The highest BCUT2D eigenvalue weighted by Crippen LogP contribution is 2.20. The molecule has 2 aromatic heterocycles. The molecule has 0 aliphatic heterocycles. The van der Waals surface area contributed by atoms with Gasteiger partial charge in [-0.2, -0.15) is 0 Å². The van der Waals surface area contributed by atoms with Gasteiger partial charge in [-0.3, -0.25) is 9.20 Å². The number of aryl methyl sites for hydroxylation is 2. The number of carbonyl (C=O) groups is 1. The summed E-state index contributed by atoms with van der Waals surface area (Å²) in [6.45, 7) is 3.40. The molecule has 0 aliphatic rings. The fraction of sp³-hybridized carbons (Fsp3) is 0.211. The van der Waals surface area contributed by atoms with Gasteiger partial charge >= 0.3 is 5.97 Å². The molecule has 3 rings (SSSR count). The number of hydrogen-bond acceptors (Lipinski definition) is 5. The molecular weight excluding hydrogens is 356 g/mol. The highest BCUT2D eigenvalue weighted by atomic mass is 35.5. The summed E-state index contributed by atoms with van der Waals surface area (Å²) >= 11 is 5.94. The van der Waals surface area contributed by atoms with Crippen LogP contribution in [0.1, 0.15) is 16.8 Å². The number of halogens is 1. The van der Waals surface area contributed by atoms with Crippen LogP contribution >= 0.6 is 11.6 Å². The van der Waals surface area contributed by atoms with Crippen LogP contribution in [0.2, 0.25) is 5.02 Å². The molecule has 0 N–H and O–H groups in total. The van der Waals surface area contributed by atoms with Crippen LogP contribution in [0.4, 0.5) is 0 Å². The van der Waals surface area contributed by atoms with Crippen LogP contribution in [-0.4, -0.2) is 22.0 Å². The highest BCUT2D eigenvalue weighted by molar-refractivity contribution is 6.31. The molecule has 0 fully saturated rings. The minimum Gasteiger partial charge on any atom is -0.482 e. The fourth-order valence-electron chi connectivity index (χ4n) is 2.38. The molecule has 0 radical (unpaired) electrons. The predicted octanol–water partition coefficient (Wildman–Crippen LogP) is 3.09. The van der Waals surface area contributed by atoms with Crippen LogP contribution in [0.25, 0.3) is 5.65 Å². The summed E-state index contributed by atoms with van der Waals surface area (Å²) in [7, 11) is 0. The van der Waals surface area contributed by atoms with Crippen molar-refractivity contribution in [3.8, 4) is 5.75 Å². The number of pyridine rings is 1. The number of hydrogen-bond donors (Lipinski definition) is 0. The molecule has 0 unspecified atom stereocenters. The van der Waals surface area contributed by atoms with Crippen molar-refractivity contribution in [3.63, 3.8) is 0 Å². The van der Waals surface area contributed by atoms with Crippen molar-refractivity contribution in [1.29, 1.82) is 0 Å². The van der Waals surface area contributed by atoms with Gasteiger partial charge in [0.25, 0.3) is 5.56 Å². The number of rotatable bonds is 5. The number of esters is 1. The van der Waals surface area contributed by atoms with Crippen molar-refractivity contribution in [3.05, 3.63) is 74.8 Å². The lowest BCUT2D eigenvalue weighted by Crippen LogP contribution is -2.18. The molecule has 1 aromatic carbocycles. The summed E-state index contributed by atoms with van der Waals surface area (Å²) < 4.78 is 12.0. The smallest absolute Gasteiger partial charge is 0.344 e. The van der Waals surface area contributed by atoms with E-state index in [9.17, 15) is 9.59 Å². The number of carbonyl (C=O) groups excluding carboxylic acids is 1. The van der Waals surface area contributed by atoms with Crippen molar-refractivity contribution in [1.82, 2.24) is 9.38 Å². The monoisotopic (exact) mass is 372 g/mol. The van der Waals surface area contributed by atoms with Gasteiger partial charge in [0.2, 0.25) is 0 Å². The van der Waals surface area contributed by atoms with Crippen molar-refractivity contribution in [2.75, 3.05) is 6.61 Å². The summed E-state index contributed by atoms with van der Waals surface area (Å²) in [4.78, 5) is 28.3. The second kappa shape index (κ2) is 7.58. The number of aromatic nitrogens is 2. The first-order valence-electron chi connectivity index (χ1n) is 7.96. The van der Waals surface area contributed by atoms with Crippen LogP contribution in [0.15, 0.2) is 47.4 Å². The minimum atomic E-state index is -0.552. The molecule has 2 heterocycles. The van der Waals surface area contributed by atoms with E-state index < -0.39 is 5.97 Å². The molecular formula is C19H17ClN2O4. The van der Waals surface area contributed by atoms with Gasteiger partial charge in [-0.1, -0.05) is 17.7 Å². The van der Waals surface area contributed by atoms with E-state index in [1.54, 1.807) is 30.5 Å². The fourth-order valence-corrected chi connectivity index (χ4v) is 2.50. The Bertz CT molecular complexity index is 1030. The SMILES string of the molecule is Cc1ccc2nc(COC(=O)COc3ccc(Cl)c(C)c3)cc(=O)n2c1. The first kappa shape index (κ1) is 17.9. The summed E-state index contributed by atoms with van der Waals surface area (Å²) in [6.07, 6.45) is 1.71. The van der Waals surface area contributed by atoms with Crippen LogP contribution in [-0.2, 0) is 16.1 Å². The van der Waals surface area contributed by atoms with E-state index >= 15 is 0 Å². The highest BCUT2D eigenvalue weighted by Gasteiger charge is 2.08. The van der Waals surface area contributed by atoms with E-state index in [1.165, 1.54) is 10.5 Å². The Kier molecular flexibility index (Phi) is 5.23. The van der Waals surface area contributed by atoms with E-state index in [1.807, 2.05) is 19.9 Å².